The number of carbonyl (C=O) groups excluding carboxylic acids is 1. The molecule has 0 saturated carbocycles. The fourth-order valence-corrected chi connectivity index (χ4v) is 2.71. The molecule has 0 spiro atoms. The number of hydrogen-bond acceptors (Lipinski definition) is 4. The van der Waals surface area contributed by atoms with Gasteiger partial charge in [-0.1, -0.05) is 41.5 Å². The van der Waals surface area contributed by atoms with E-state index >= 15 is 0 Å². The zero-order valence-corrected chi connectivity index (χ0v) is 15.6. The predicted molar refractivity (Wildman–Crippen MR) is 90.8 cm³/mol. The number of rotatable bonds is 6. The highest BCUT2D eigenvalue weighted by atomic mass is 16.5. The van der Waals surface area contributed by atoms with Gasteiger partial charge in [0.1, 0.15) is 12.7 Å². The quantitative estimate of drug-likeness (QED) is 0.816. The Hall–Kier alpha value is -1.36. The average Bonchev–Trinajstić information content (AvgIpc) is 2.85. The van der Waals surface area contributed by atoms with Crippen LogP contribution in [0.4, 0.5) is 0 Å². The predicted octanol–water partition coefficient (Wildman–Crippen LogP) is 3.28. The summed E-state index contributed by atoms with van der Waals surface area (Å²) in [6.07, 6.45) is 3.37. The molecule has 0 aliphatic carbocycles. The molecule has 0 radical (unpaired) electrons. The Kier molecular flexibility index (Phi) is 6.02. The highest BCUT2D eigenvalue weighted by Crippen LogP contribution is 2.47. The summed E-state index contributed by atoms with van der Waals surface area (Å²) in [6.45, 7) is 14.8. The number of aliphatic hydroxyl groups is 1. The molecule has 1 rings (SSSR count). The van der Waals surface area contributed by atoms with Gasteiger partial charge in [0, 0.05) is 12.4 Å². The zero-order chi connectivity index (χ0) is 17.9. The molecule has 5 heteroatoms. The molecule has 0 amide bonds. The first-order valence-electron chi connectivity index (χ1n) is 8.18. The minimum atomic E-state index is -0.766. The molecule has 5 nitrogen and oxygen atoms in total. The lowest BCUT2D eigenvalue weighted by Crippen LogP contribution is -2.45. The highest BCUT2D eigenvalue weighted by molar-refractivity contribution is 5.77. The van der Waals surface area contributed by atoms with E-state index in [0.717, 1.165) is 6.42 Å². The van der Waals surface area contributed by atoms with Gasteiger partial charge in [-0.05, 0) is 30.2 Å². The molecule has 0 aliphatic rings. The van der Waals surface area contributed by atoms with Gasteiger partial charge in [0.15, 0.2) is 0 Å². The van der Waals surface area contributed by atoms with Gasteiger partial charge in [0.2, 0.25) is 0 Å². The molecule has 132 valence electrons. The summed E-state index contributed by atoms with van der Waals surface area (Å²) < 4.78 is 7.08. The maximum Gasteiger partial charge on any atom is 0.312 e. The van der Waals surface area contributed by atoms with Crippen LogP contribution in [0.3, 0.4) is 0 Å². The number of aromatic nitrogens is 2. The highest BCUT2D eigenvalue weighted by Gasteiger charge is 2.47. The molecule has 0 fully saturated rings. The van der Waals surface area contributed by atoms with Crippen LogP contribution in [0, 0.1) is 16.2 Å². The van der Waals surface area contributed by atoms with Crippen molar-refractivity contribution in [1.29, 1.82) is 0 Å². The topological polar surface area (TPSA) is 64.3 Å². The lowest BCUT2D eigenvalue weighted by Gasteiger charge is -2.43. The number of ether oxygens (including phenoxy) is 1. The summed E-state index contributed by atoms with van der Waals surface area (Å²) in [6, 6.07) is 1.79. The second-order valence-corrected chi connectivity index (χ2v) is 8.80. The van der Waals surface area contributed by atoms with Gasteiger partial charge >= 0.3 is 5.97 Å². The van der Waals surface area contributed by atoms with Crippen LogP contribution in [0.5, 0.6) is 0 Å². The monoisotopic (exact) mass is 324 g/mol. The fraction of sp³-hybridized carbons (Fsp3) is 0.778. The number of hydrogen-bond donors (Lipinski definition) is 1. The van der Waals surface area contributed by atoms with Crippen molar-refractivity contribution in [2.24, 2.45) is 16.2 Å². The Bertz CT molecular complexity index is 497. The van der Waals surface area contributed by atoms with E-state index in [1.165, 1.54) is 0 Å². The second kappa shape index (κ2) is 7.04. The Morgan fingerprint density at radius 1 is 1.22 bits per heavy atom. The fourth-order valence-electron chi connectivity index (χ4n) is 2.71. The van der Waals surface area contributed by atoms with Crippen LogP contribution in [0.2, 0.25) is 0 Å². The van der Waals surface area contributed by atoms with Crippen LogP contribution in [-0.2, 0) is 16.1 Å². The van der Waals surface area contributed by atoms with Gasteiger partial charge < -0.3 is 9.84 Å². The van der Waals surface area contributed by atoms with E-state index in [-0.39, 0.29) is 23.4 Å². The van der Waals surface area contributed by atoms with Crippen LogP contribution in [0.15, 0.2) is 18.5 Å². The first kappa shape index (κ1) is 19.7. The standard InChI is InChI=1S/C18H32N2O3/c1-16(2,3)13-18(7,17(4,5)6)15(22)23-12-14(21)11-20-10-8-9-19-20/h8-10,14,21H,11-13H2,1-7H3. The molecule has 0 bridgehead atoms. The van der Waals surface area contributed by atoms with Gasteiger partial charge in [0.25, 0.3) is 0 Å². The summed E-state index contributed by atoms with van der Waals surface area (Å²) in [5.41, 5.74) is -0.838. The number of carbonyl (C=O) groups is 1. The van der Waals surface area contributed by atoms with Crippen molar-refractivity contribution in [1.82, 2.24) is 9.78 Å². The smallest absolute Gasteiger partial charge is 0.312 e. The number of esters is 1. The van der Waals surface area contributed by atoms with Gasteiger partial charge in [-0.25, -0.2) is 0 Å². The minimum Gasteiger partial charge on any atom is -0.462 e. The van der Waals surface area contributed by atoms with Crippen molar-refractivity contribution >= 4 is 5.97 Å². The van der Waals surface area contributed by atoms with Crippen LogP contribution < -0.4 is 0 Å². The second-order valence-electron chi connectivity index (χ2n) is 8.80. The molecular formula is C18H32N2O3. The van der Waals surface area contributed by atoms with Crippen LogP contribution >= 0.6 is 0 Å². The third-order valence-corrected chi connectivity index (χ3v) is 4.35. The molecule has 0 saturated heterocycles. The van der Waals surface area contributed by atoms with Gasteiger partial charge in [-0.15, -0.1) is 0 Å². The molecule has 1 aromatic rings. The van der Waals surface area contributed by atoms with Crippen LogP contribution in [0.25, 0.3) is 0 Å². The molecule has 1 aromatic heterocycles. The molecule has 2 unspecified atom stereocenters. The maximum absolute atomic E-state index is 12.7. The average molecular weight is 324 g/mol. The molecule has 0 aliphatic heterocycles. The van der Waals surface area contributed by atoms with Crippen molar-refractivity contribution in [2.45, 2.75) is 67.5 Å². The summed E-state index contributed by atoms with van der Waals surface area (Å²) in [5, 5.41) is 14.1. The van der Waals surface area contributed by atoms with E-state index in [2.05, 4.69) is 46.6 Å². The van der Waals surface area contributed by atoms with Crippen LogP contribution in [0.1, 0.15) is 54.9 Å². The number of nitrogens with zero attached hydrogens (tertiary/aromatic N) is 2. The number of aliphatic hydroxyl groups excluding tert-OH is 1. The molecule has 23 heavy (non-hydrogen) atoms. The lowest BCUT2D eigenvalue weighted by molar-refractivity contribution is -0.168. The molecule has 0 aromatic carbocycles. The van der Waals surface area contributed by atoms with Gasteiger partial charge in [-0.2, -0.15) is 5.10 Å². The molecule has 1 heterocycles. The van der Waals surface area contributed by atoms with Gasteiger partial charge in [-0.3, -0.25) is 9.48 Å². The van der Waals surface area contributed by atoms with E-state index in [9.17, 15) is 9.90 Å². The summed E-state index contributed by atoms with van der Waals surface area (Å²) in [7, 11) is 0. The summed E-state index contributed by atoms with van der Waals surface area (Å²) >= 11 is 0. The summed E-state index contributed by atoms with van der Waals surface area (Å²) in [4.78, 5) is 12.7. The van der Waals surface area contributed by atoms with Crippen LogP contribution in [-0.4, -0.2) is 33.6 Å². The molecule has 1 N–H and O–H groups in total. The Balaban J connectivity index is 2.70. The first-order chi connectivity index (χ1) is 10.3. The van der Waals surface area contributed by atoms with E-state index in [1.807, 2.05) is 6.92 Å². The molecule has 2 atom stereocenters. The van der Waals surface area contributed by atoms with E-state index < -0.39 is 11.5 Å². The normalized spacial score (nSPS) is 16.7. The van der Waals surface area contributed by atoms with Gasteiger partial charge in [0.05, 0.1) is 12.0 Å². The Labute approximate surface area is 140 Å². The largest absolute Gasteiger partial charge is 0.462 e. The zero-order valence-electron chi connectivity index (χ0n) is 15.6. The van der Waals surface area contributed by atoms with Crippen molar-refractivity contribution in [3.63, 3.8) is 0 Å². The van der Waals surface area contributed by atoms with Crippen molar-refractivity contribution in [2.75, 3.05) is 6.61 Å². The van der Waals surface area contributed by atoms with E-state index in [1.54, 1.807) is 23.1 Å². The van der Waals surface area contributed by atoms with E-state index in [4.69, 9.17) is 4.74 Å². The molecular weight excluding hydrogens is 292 g/mol. The SMILES string of the molecule is CC(C)(C)CC(C)(C(=O)OCC(O)Cn1cccn1)C(C)(C)C. The lowest BCUT2D eigenvalue weighted by atomic mass is 9.61. The Morgan fingerprint density at radius 2 is 1.83 bits per heavy atom. The summed E-state index contributed by atoms with van der Waals surface area (Å²) in [5.74, 6) is -0.251. The first-order valence-corrected chi connectivity index (χ1v) is 8.18. The van der Waals surface area contributed by atoms with Crippen molar-refractivity contribution in [3.8, 4) is 0 Å². The van der Waals surface area contributed by atoms with Crippen molar-refractivity contribution < 1.29 is 14.6 Å². The van der Waals surface area contributed by atoms with E-state index in [0.29, 0.717) is 6.54 Å². The van der Waals surface area contributed by atoms with Crippen molar-refractivity contribution in [3.05, 3.63) is 18.5 Å². The Morgan fingerprint density at radius 3 is 2.26 bits per heavy atom. The minimum absolute atomic E-state index is 0.00866. The maximum atomic E-state index is 12.7. The third-order valence-electron chi connectivity index (χ3n) is 4.35. The third kappa shape index (κ3) is 5.65.